The van der Waals surface area contributed by atoms with E-state index in [-0.39, 0.29) is 22.6 Å². The molecule has 184 valence electrons. The van der Waals surface area contributed by atoms with Crippen LogP contribution in [0.2, 0.25) is 0 Å². The zero-order valence-corrected chi connectivity index (χ0v) is 20.4. The van der Waals surface area contributed by atoms with Gasteiger partial charge in [-0.15, -0.1) is 0 Å². The number of hydrogen-bond acceptors (Lipinski definition) is 6. The molecule has 0 heterocycles. The summed E-state index contributed by atoms with van der Waals surface area (Å²) in [6.45, 7) is 4.22. The van der Waals surface area contributed by atoms with Gasteiger partial charge >= 0.3 is 0 Å². The SMILES string of the molecule is CCOc1ccc(S(=O)(=O)Nc2ccc(C(=O)NNC(=O)Cc3ccc(C)c(OC)c3)cc2)cc1. The lowest BCUT2D eigenvalue weighted by molar-refractivity contribution is -0.121. The Kier molecular flexibility index (Phi) is 8.32. The fourth-order valence-electron chi connectivity index (χ4n) is 3.19. The summed E-state index contributed by atoms with van der Waals surface area (Å²) in [5.41, 5.74) is 6.94. The van der Waals surface area contributed by atoms with Crippen molar-refractivity contribution in [2.45, 2.75) is 25.2 Å². The first-order valence-electron chi connectivity index (χ1n) is 10.8. The van der Waals surface area contributed by atoms with Gasteiger partial charge in [0.25, 0.3) is 15.9 Å². The van der Waals surface area contributed by atoms with Crippen LogP contribution in [-0.2, 0) is 21.2 Å². The largest absolute Gasteiger partial charge is 0.496 e. The molecular weight excluding hydrogens is 470 g/mol. The van der Waals surface area contributed by atoms with Crippen molar-refractivity contribution < 1.29 is 27.5 Å². The van der Waals surface area contributed by atoms with Gasteiger partial charge in [-0.1, -0.05) is 12.1 Å². The highest BCUT2D eigenvalue weighted by Crippen LogP contribution is 2.20. The van der Waals surface area contributed by atoms with Gasteiger partial charge < -0.3 is 9.47 Å². The van der Waals surface area contributed by atoms with Gasteiger partial charge in [0, 0.05) is 11.3 Å². The van der Waals surface area contributed by atoms with Crippen LogP contribution in [0.4, 0.5) is 5.69 Å². The molecule has 0 atom stereocenters. The first-order valence-corrected chi connectivity index (χ1v) is 12.3. The van der Waals surface area contributed by atoms with Gasteiger partial charge in [-0.3, -0.25) is 25.2 Å². The fraction of sp³-hybridized carbons (Fsp3) is 0.200. The lowest BCUT2D eigenvalue weighted by atomic mass is 10.1. The number of hydrazine groups is 1. The molecule has 0 aliphatic rings. The van der Waals surface area contributed by atoms with Crippen molar-refractivity contribution in [2.75, 3.05) is 18.4 Å². The molecule has 3 N–H and O–H groups in total. The normalized spacial score (nSPS) is 10.8. The van der Waals surface area contributed by atoms with E-state index in [2.05, 4.69) is 15.6 Å². The van der Waals surface area contributed by atoms with Crippen molar-refractivity contribution in [1.29, 1.82) is 0 Å². The number of aryl methyl sites for hydroxylation is 1. The predicted molar refractivity (Wildman–Crippen MR) is 132 cm³/mol. The highest BCUT2D eigenvalue weighted by molar-refractivity contribution is 7.92. The first kappa shape index (κ1) is 25.6. The number of methoxy groups -OCH3 is 1. The summed E-state index contributed by atoms with van der Waals surface area (Å²) < 4.78 is 38.2. The number of carbonyl (C=O) groups is 2. The number of rotatable bonds is 9. The Balaban J connectivity index is 1.55. The minimum atomic E-state index is -3.81. The Hall–Kier alpha value is -4.05. The predicted octanol–water partition coefficient (Wildman–Crippen LogP) is 3.21. The van der Waals surface area contributed by atoms with E-state index in [1.54, 1.807) is 25.3 Å². The maximum atomic E-state index is 12.6. The van der Waals surface area contributed by atoms with Gasteiger partial charge in [0.1, 0.15) is 11.5 Å². The molecule has 9 nitrogen and oxygen atoms in total. The van der Waals surface area contributed by atoms with Crippen LogP contribution < -0.4 is 25.0 Å². The molecule has 0 unspecified atom stereocenters. The van der Waals surface area contributed by atoms with Crippen LogP contribution in [0.1, 0.15) is 28.4 Å². The zero-order valence-electron chi connectivity index (χ0n) is 19.6. The van der Waals surface area contributed by atoms with E-state index in [4.69, 9.17) is 9.47 Å². The Bertz CT molecular complexity index is 1290. The highest BCUT2D eigenvalue weighted by Gasteiger charge is 2.15. The number of amides is 2. The molecule has 0 aliphatic carbocycles. The van der Waals surface area contributed by atoms with Gasteiger partial charge in [0.15, 0.2) is 0 Å². The maximum absolute atomic E-state index is 12.6. The van der Waals surface area contributed by atoms with E-state index in [1.807, 2.05) is 26.0 Å². The number of benzene rings is 3. The van der Waals surface area contributed by atoms with E-state index in [0.717, 1.165) is 11.1 Å². The smallest absolute Gasteiger partial charge is 0.269 e. The van der Waals surface area contributed by atoms with Crippen molar-refractivity contribution >= 4 is 27.5 Å². The van der Waals surface area contributed by atoms with Crippen LogP contribution in [0.3, 0.4) is 0 Å². The average Bonchev–Trinajstić information content (AvgIpc) is 2.84. The van der Waals surface area contributed by atoms with Crippen LogP contribution in [0, 0.1) is 6.92 Å². The molecule has 0 radical (unpaired) electrons. The number of hydrogen-bond donors (Lipinski definition) is 3. The summed E-state index contributed by atoms with van der Waals surface area (Å²) in [6.07, 6.45) is 0.0587. The standard InChI is InChI=1S/C25H27N3O6S/c1-4-34-21-11-13-22(14-12-21)35(31,32)28-20-9-7-19(8-10-20)25(30)27-26-24(29)16-18-6-5-17(2)23(15-18)33-3/h5-15,28H,4,16H2,1-3H3,(H,26,29)(H,27,30). The Morgan fingerprint density at radius 2 is 1.60 bits per heavy atom. The maximum Gasteiger partial charge on any atom is 0.269 e. The van der Waals surface area contributed by atoms with Crippen molar-refractivity contribution in [1.82, 2.24) is 10.9 Å². The lowest BCUT2D eigenvalue weighted by Gasteiger charge is -2.11. The molecule has 0 aromatic heterocycles. The minimum absolute atomic E-state index is 0.0587. The van der Waals surface area contributed by atoms with E-state index in [1.165, 1.54) is 36.4 Å². The topological polar surface area (TPSA) is 123 Å². The first-order chi connectivity index (χ1) is 16.7. The van der Waals surface area contributed by atoms with Gasteiger partial charge in [0.05, 0.1) is 25.0 Å². The summed E-state index contributed by atoms with van der Waals surface area (Å²) >= 11 is 0. The minimum Gasteiger partial charge on any atom is -0.496 e. The van der Waals surface area contributed by atoms with E-state index in [0.29, 0.717) is 18.1 Å². The van der Waals surface area contributed by atoms with Gasteiger partial charge in [-0.25, -0.2) is 8.42 Å². The molecule has 3 aromatic rings. The van der Waals surface area contributed by atoms with Crippen LogP contribution in [0.25, 0.3) is 0 Å². The van der Waals surface area contributed by atoms with Crippen molar-refractivity contribution in [2.24, 2.45) is 0 Å². The molecule has 0 fully saturated rings. The van der Waals surface area contributed by atoms with Crippen LogP contribution in [-0.4, -0.2) is 33.9 Å². The molecule has 3 rings (SSSR count). The quantitative estimate of drug-likeness (QED) is 0.390. The van der Waals surface area contributed by atoms with Gasteiger partial charge in [0.2, 0.25) is 5.91 Å². The summed E-state index contributed by atoms with van der Waals surface area (Å²) in [7, 11) is -2.25. The van der Waals surface area contributed by atoms with Gasteiger partial charge in [-0.05, 0) is 79.6 Å². The third-order valence-electron chi connectivity index (χ3n) is 5.00. The molecule has 0 saturated heterocycles. The Morgan fingerprint density at radius 1 is 0.914 bits per heavy atom. The third kappa shape index (κ3) is 6.97. The number of carbonyl (C=O) groups excluding carboxylic acids is 2. The average molecular weight is 498 g/mol. The molecule has 0 saturated carbocycles. The van der Waals surface area contributed by atoms with E-state index >= 15 is 0 Å². The lowest BCUT2D eigenvalue weighted by Crippen LogP contribution is -2.42. The van der Waals surface area contributed by atoms with E-state index < -0.39 is 21.8 Å². The van der Waals surface area contributed by atoms with Crippen LogP contribution in [0.15, 0.2) is 71.6 Å². The molecular formula is C25H27N3O6S. The molecule has 2 amide bonds. The summed E-state index contributed by atoms with van der Waals surface area (Å²) in [5.74, 6) is 0.315. The van der Waals surface area contributed by atoms with Crippen molar-refractivity contribution in [3.8, 4) is 11.5 Å². The van der Waals surface area contributed by atoms with Crippen molar-refractivity contribution in [3.63, 3.8) is 0 Å². The highest BCUT2D eigenvalue weighted by atomic mass is 32.2. The van der Waals surface area contributed by atoms with Crippen LogP contribution >= 0.6 is 0 Å². The Morgan fingerprint density at radius 3 is 2.23 bits per heavy atom. The second kappa shape index (κ2) is 11.4. The van der Waals surface area contributed by atoms with Crippen LogP contribution in [0.5, 0.6) is 11.5 Å². The van der Waals surface area contributed by atoms with Gasteiger partial charge in [-0.2, -0.15) is 0 Å². The second-order valence-corrected chi connectivity index (χ2v) is 9.25. The summed E-state index contributed by atoms with van der Waals surface area (Å²) in [5, 5.41) is 0. The molecule has 0 aliphatic heterocycles. The number of ether oxygens (including phenoxy) is 2. The molecule has 0 bridgehead atoms. The zero-order chi connectivity index (χ0) is 25.4. The molecule has 10 heteroatoms. The number of sulfonamides is 1. The second-order valence-electron chi connectivity index (χ2n) is 7.57. The van der Waals surface area contributed by atoms with E-state index in [9.17, 15) is 18.0 Å². The summed E-state index contributed by atoms with van der Waals surface area (Å²) in [4.78, 5) is 24.6. The molecule has 3 aromatic carbocycles. The number of anilines is 1. The third-order valence-corrected chi connectivity index (χ3v) is 6.39. The monoisotopic (exact) mass is 497 g/mol. The number of nitrogens with one attached hydrogen (secondary N) is 3. The fourth-order valence-corrected chi connectivity index (χ4v) is 4.25. The molecule has 35 heavy (non-hydrogen) atoms. The summed E-state index contributed by atoms with van der Waals surface area (Å²) in [6, 6.07) is 17.3. The molecule has 0 spiro atoms. The Labute approximate surface area is 204 Å². The van der Waals surface area contributed by atoms with Crippen molar-refractivity contribution in [3.05, 3.63) is 83.4 Å².